The summed E-state index contributed by atoms with van der Waals surface area (Å²) in [5, 5.41) is 14.0. The van der Waals surface area contributed by atoms with E-state index < -0.39 is 5.41 Å². The fourth-order valence-electron chi connectivity index (χ4n) is 5.32. The molecule has 0 saturated heterocycles. The first-order chi connectivity index (χ1) is 17.7. The predicted octanol–water partition coefficient (Wildman–Crippen LogP) is 7.85. The number of phenols is 1. The van der Waals surface area contributed by atoms with Crippen molar-refractivity contribution in [2.24, 2.45) is 0 Å². The molecule has 0 unspecified atom stereocenters. The molecule has 0 fully saturated rings. The van der Waals surface area contributed by atoms with E-state index in [4.69, 9.17) is 4.98 Å². The fourth-order valence-corrected chi connectivity index (χ4v) is 5.32. The summed E-state index contributed by atoms with van der Waals surface area (Å²) in [6.07, 6.45) is 1.82. The minimum absolute atomic E-state index is 0. The van der Waals surface area contributed by atoms with Crippen molar-refractivity contribution in [3.63, 3.8) is 0 Å². The summed E-state index contributed by atoms with van der Waals surface area (Å²) in [7, 11) is 0. The maximum Gasteiger partial charge on any atom is 0.141 e. The number of hydrogen-bond donors (Lipinski definition) is 1. The van der Waals surface area contributed by atoms with Gasteiger partial charge in [-0.05, 0) is 46.7 Å². The Kier molecular flexibility index (Phi) is 6.44. The molecule has 3 heterocycles. The van der Waals surface area contributed by atoms with Gasteiger partial charge < -0.3 is 9.67 Å². The zero-order valence-electron chi connectivity index (χ0n) is 22.2. The molecule has 3 aromatic carbocycles. The molecule has 0 radical (unpaired) electrons. The van der Waals surface area contributed by atoms with E-state index in [1.54, 1.807) is 6.07 Å². The quantitative estimate of drug-likeness (QED) is 0.194. The van der Waals surface area contributed by atoms with Crippen LogP contribution in [0.4, 0.5) is 0 Å². The SMILES string of the molecule is CC(C)(C)c1ccc(O)c2nc(C(C)(C)c3[c-]c4c(cc3)c3ccccc3n4-c3ccccn3)ccc12.[Pt]. The van der Waals surface area contributed by atoms with Gasteiger partial charge in [-0.15, -0.1) is 10.9 Å². The van der Waals surface area contributed by atoms with Gasteiger partial charge in [0.05, 0.1) is 0 Å². The van der Waals surface area contributed by atoms with E-state index in [9.17, 15) is 5.11 Å². The van der Waals surface area contributed by atoms with Crippen LogP contribution < -0.4 is 0 Å². The predicted molar refractivity (Wildman–Crippen MR) is 152 cm³/mol. The summed E-state index contributed by atoms with van der Waals surface area (Å²) in [4.78, 5) is 9.66. The number of nitrogens with zero attached hydrogens (tertiary/aromatic N) is 3. The molecular formula is C33H30N3OPt-. The van der Waals surface area contributed by atoms with Gasteiger partial charge in [0.15, 0.2) is 0 Å². The average Bonchev–Trinajstić information content (AvgIpc) is 3.22. The number of para-hydroxylation sites is 1. The normalized spacial score (nSPS) is 12.2. The van der Waals surface area contributed by atoms with E-state index in [0.29, 0.717) is 5.52 Å². The smallest absolute Gasteiger partial charge is 0.141 e. The molecule has 4 nitrogen and oxygen atoms in total. The molecule has 0 bridgehead atoms. The molecule has 5 heteroatoms. The van der Waals surface area contributed by atoms with Crippen LogP contribution in [0, 0.1) is 6.07 Å². The van der Waals surface area contributed by atoms with E-state index in [0.717, 1.165) is 38.9 Å². The third-order valence-electron chi connectivity index (χ3n) is 7.42. The van der Waals surface area contributed by atoms with Gasteiger partial charge in [0.2, 0.25) is 0 Å². The molecule has 194 valence electrons. The van der Waals surface area contributed by atoms with E-state index in [1.165, 1.54) is 10.9 Å². The molecule has 0 spiro atoms. The van der Waals surface area contributed by atoms with Crippen molar-refractivity contribution in [3.05, 3.63) is 108 Å². The van der Waals surface area contributed by atoms with Crippen molar-refractivity contribution in [2.45, 2.75) is 45.4 Å². The van der Waals surface area contributed by atoms with Crippen molar-refractivity contribution in [1.82, 2.24) is 14.5 Å². The van der Waals surface area contributed by atoms with Crippen LogP contribution in [0.3, 0.4) is 0 Å². The topological polar surface area (TPSA) is 50.9 Å². The molecule has 0 amide bonds. The average molecular weight is 680 g/mol. The van der Waals surface area contributed by atoms with Crippen molar-refractivity contribution < 1.29 is 26.2 Å². The van der Waals surface area contributed by atoms with E-state index >= 15 is 0 Å². The summed E-state index contributed by atoms with van der Waals surface area (Å²) in [5.74, 6) is 1.07. The second kappa shape index (κ2) is 9.36. The maximum absolute atomic E-state index is 10.7. The van der Waals surface area contributed by atoms with Crippen LogP contribution >= 0.6 is 0 Å². The zero-order valence-corrected chi connectivity index (χ0v) is 24.5. The van der Waals surface area contributed by atoms with Crippen molar-refractivity contribution >= 4 is 32.7 Å². The molecule has 0 aliphatic rings. The summed E-state index contributed by atoms with van der Waals surface area (Å²) < 4.78 is 2.18. The molecule has 3 aromatic heterocycles. The fraction of sp³-hybridized carbons (Fsp3) is 0.212. The number of rotatable bonds is 3. The van der Waals surface area contributed by atoms with Crippen molar-refractivity contribution in [3.8, 4) is 11.6 Å². The van der Waals surface area contributed by atoms with Gasteiger partial charge in [-0.2, -0.15) is 18.2 Å². The number of aromatic hydroxyl groups is 1. The van der Waals surface area contributed by atoms with Crippen molar-refractivity contribution in [1.29, 1.82) is 0 Å². The number of pyridine rings is 2. The van der Waals surface area contributed by atoms with Crippen LogP contribution in [0.1, 0.15) is 51.4 Å². The van der Waals surface area contributed by atoms with Crippen LogP contribution in [-0.2, 0) is 31.9 Å². The molecule has 6 aromatic rings. The first-order valence-corrected chi connectivity index (χ1v) is 12.7. The summed E-state index contributed by atoms with van der Waals surface area (Å²) in [6.45, 7) is 10.9. The Balaban J connectivity index is 0.00000294. The molecule has 0 aliphatic carbocycles. The minimum atomic E-state index is -0.446. The Morgan fingerprint density at radius 1 is 0.763 bits per heavy atom. The molecule has 0 saturated carbocycles. The van der Waals surface area contributed by atoms with Crippen molar-refractivity contribution in [2.75, 3.05) is 0 Å². The van der Waals surface area contributed by atoms with Gasteiger partial charge in [-0.3, -0.25) is 0 Å². The first-order valence-electron chi connectivity index (χ1n) is 12.7. The third-order valence-corrected chi connectivity index (χ3v) is 7.42. The van der Waals surface area contributed by atoms with Crippen LogP contribution in [0.5, 0.6) is 5.75 Å². The Hall–Kier alpha value is -3.49. The van der Waals surface area contributed by atoms with Crippen LogP contribution in [0.2, 0.25) is 0 Å². The second-order valence-electron chi connectivity index (χ2n) is 11.3. The third kappa shape index (κ3) is 4.12. The molecule has 38 heavy (non-hydrogen) atoms. The Labute approximate surface area is 237 Å². The molecule has 0 atom stereocenters. The van der Waals surface area contributed by atoms with E-state index in [-0.39, 0.29) is 32.2 Å². The van der Waals surface area contributed by atoms with E-state index in [2.05, 4.69) is 98.8 Å². The number of hydrogen-bond acceptors (Lipinski definition) is 3. The van der Waals surface area contributed by atoms with Gasteiger partial charge in [0, 0.05) is 49.3 Å². The van der Waals surface area contributed by atoms with E-state index in [1.807, 2.05) is 30.5 Å². The van der Waals surface area contributed by atoms with Gasteiger partial charge in [0.25, 0.3) is 0 Å². The monoisotopic (exact) mass is 679 g/mol. The minimum Gasteiger partial charge on any atom is -0.506 e. The maximum atomic E-state index is 10.7. The van der Waals surface area contributed by atoms with Crippen LogP contribution in [-0.4, -0.2) is 19.6 Å². The van der Waals surface area contributed by atoms with Crippen LogP contribution in [0.25, 0.3) is 38.5 Å². The second-order valence-corrected chi connectivity index (χ2v) is 11.3. The number of aromatic nitrogens is 3. The molecule has 1 N–H and O–H groups in total. The largest absolute Gasteiger partial charge is 0.506 e. The molecule has 6 rings (SSSR count). The summed E-state index contributed by atoms with van der Waals surface area (Å²) in [5.41, 5.74) is 5.32. The van der Waals surface area contributed by atoms with Gasteiger partial charge >= 0.3 is 0 Å². The van der Waals surface area contributed by atoms with Gasteiger partial charge in [0.1, 0.15) is 17.1 Å². The van der Waals surface area contributed by atoms with Gasteiger partial charge in [-0.1, -0.05) is 76.5 Å². The summed E-state index contributed by atoms with van der Waals surface area (Å²) in [6, 6.07) is 30.4. The van der Waals surface area contributed by atoms with Crippen LogP contribution in [0.15, 0.2) is 85.1 Å². The Bertz CT molecular complexity index is 1800. The molecule has 0 aliphatic heterocycles. The van der Waals surface area contributed by atoms with Gasteiger partial charge in [-0.25, -0.2) is 9.97 Å². The number of phenolic OH excluding ortho intramolecular Hbond substituents is 1. The number of benzene rings is 3. The Morgan fingerprint density at radius 3 is 2.24 bits per heavy atom. The zero-order chi connectivity index (χ0) is 25.9. The first kappa shape index (κ1) is 26.1. The standard InChI is InChI=1S/C33H30N3O.Pt/c1-32(2,3)25-16-17-28(37)31-24(25)15-18-29(35-31)33(4,5)21-13-14-23-22-10-6-7-11-26(22)36(27(23)20-21)30-12-8-9-19-34-30;/h6-19,37H,1-5H3;/q-1;. The summed E-state index contributed by atoms with van der Waals surface area (Å²) >= 11 is 0. The number of fused-ring (bicyclic) bond motifs is 4. The molecular weight excluding hydrogens is 649 g/mol. The Morgan fingerprint density at radius 2 is 1.50 bits per heavy atom.